The van der Waals surface area contributed by atoms with Gasteiger partial charge in [-0.2, -0.15) is 0 Å². The Morgan fingerprint density at radius 1 is 1.20 bits per heavy atom. The van der Waals surface area contributed by atoms with E-state index in [1.54, 1.807) is 7.11 Å². The summed E-state index contributed by atoms with van der Waals surface area (Å²) < 4.78 is 5.62. The molecule has 0 aliphatic carbocycles. The van der Waals surface area contributed by atoms with Crippen molar-refractivity contribution in [1.29, 1.82) is 0 Å². The number of nitrogens with one attached hydrogen (secondary N) is 2. The number of halogens is 2. The maximum absolute atomic E-state index is 12.7. The second-order valence-electron chi connectivity index (χ2n) is 8.45. The summed E-state index contributed by atoms with van der Waals surface area (Å²) in [5.41, 5.74) is 1.18. The molecule has 0 radical (unpaired) electrons. The smallest absolute Gasteiger partial charge is 0.220 e. The average Bonchev–Trinajstić information content (AvgIpc) is 2.75. The molecular formula is C23H39Cl2N3O2. The van der Waals surface area contributed by atoms with Crippen molar-refractivity contribution < 1.29 is 9.53 Å². The molecule has 2 heterocycles. The first-order chi connectivity index (χ1) is 13.7. The summed E-state index contributed by atoms with van der Waals surface area (Å²) >= 11 is 0. The zero-order valence-electron chi connectivity index (χ0n) is 18.4. The largest absolute Gasteiger partial charge is 0.496 e. The topological polar surface area (TPSA) is 53.6 Å². The Morgan fingerprint density at radius 2 is 1.93 bits per heavy atom. The number of para-hydroxylation sites is 1. The fraction of sp³-hybridized carbons (Fsp3) is 0.696. The molecule has 1 aromatic rings. The van der Waals surface area contributed by atoms with Crippen molar-refractivity contribution in [2.45, 2.75) is 51.5 Å². The first-order valence-corrected chi connectivity index (χ1v) is 11.0. The van der Waals surface area contributed by atoms with Crippen molar-refractivity contribution in [2.24, 2.45) is 11.8 Å². The van der Waals surface area contributed by atoms with Crippen LogP contribution in [0.4, 0.5) is 0 Å². The number of piperidine rings is 2. The molecule has 2 aliphatic rings. The van der Waals surface area contributed by atoms with Crippen LogP contribution in [0.25, 0.3) is 0 Å². The molecule has 30 heavy (non-hydrogen) atoms. The molecular weight excluding hydrogens is 421 g/mol. The summed E-state index contributed by atoms with van der Waals surface area (Å²) in [7, 11) is 1.73. The number of hydrogen-bond acceptors (Lipinski definition) is 4. The fourth-order valence-corrected chi connectivity index (χ4v) is 4.71. The predicted molar refractivity (Wildman–Crippen MR) is 128 cm³/mol. The Hall–Kier alpha value is -1.01. The van der Waals surface area contributed by atoms with Gasteiger partial charge in [-0.05, 0) is 69.8 Å². The monoisotopic (exact) mass is 459 g/mol. The molecule has 2 N–H and O–H groups in total. The van der Waals surface area contributed by atoms with Gasteiger partial charge in [-0.3, -0.25) is 9.69 Å². The number of amides is 1. The highest BCUT2D eigenvalue weighted by Crippen LogP contribution is 2.31. The number of ether oxygens (including phenoxy) is 1. The molecule has 0 spiro atoms. The second kappa shape index (κ2) is 14.1. The molecule has 1 aromatic carbocycles. The minimum absolute atomic E-state index is 0. The summed E-state index contributed by atoms with van der Waals surface area (Å²) in [5, 5.41) is 6.71. The van der Waals surface area contributed by atoms with Crippen LogP contribution in [0.15, 0.2) is 24.3 Å². The van der Waals surface area contributed by atoms with E-state index >= 15 is 0 Å². The van der Waals surface area contributed by atoms with Gasteiger partial charge in [0, 0.05) is 18.5 Å². The quantitative estimate of drug-likeness (QED) is 0.611. The average molecular weight is 460 g/mol. The van der Waals surface area contributed by atoms with Gasteiger partial charge in [0.15, 0.2) is 0 Å². The molecule has 0 bridgehead atoms. The van der Waals surface area contributed by atoms with Crippen molar-refractivity contribution in [3.05, 3.63) is 29.8 Å². The van der Waals surface area contributed by atoms with Crippen LogP contribution in [-0.2, 0) is 4.79 Å². The zero-order valence-corrected chi connectivity index (χ0v) is 20.0. The van der Waals surface area contributed by atoms with Gasteiger partial charge < -0.3 is 15.4 Å². The third kappa shape index (κ3) is 7.60. The van der Waals surface area contributed by atoms with Crippen LogP contribution in [0, 0.1) is 11.8 Å². The molecule has 2 saturated heterocycles. The van der Waals surface area contributed by atoms with E-state index in [-0.39, 0.29) is 36.8 Å². The van der Waals surface area contributed by atoms with Gasteiger partial charge >= 0.3 is 0 Å². The number of carbonyl (C=O) groups excluding carboxylic acids is 1. The number of rotatable bonds is 8. The molecule has 3 rings (SSSR count). The van der Waals surface area contributed by atoms with Crippen LogP contribution in [0.5, 0.6) is 5.75 Å². The number of likely N-dealkylation sites (tertiary alicyclic amines) is 1. The van der Waals surface area contributed by atoms with Gasteiger partial charge in [0.25, 0.3) is 0 Å². The Kier molecular flexibility index (Phi) is 12.7. The lowest BCUT2D eigenvalue weighted by Gasteiger charge is -2.35. The first-order valence-electron chi connectivity index (χ1n) is 11.0. The summed E-state index contributed by atoms with van der Waals surface area (Å²) in [6, 6.07) is 8.41. The van der Waals surface area contributed by atoms with Crippen LogP contribution in [0.1, 0.15) is 57.1 Å². The van der Waals surface area contributed by atoms with Crippen LogP contribution in [0.2, 0.25) is 0 Å². The van der Waals surface area contributed by atoms with Crippen LogP contribution >= 0.6 is 24.8 Å². The minimum atomic E-state index is 0. The van der Waals surface area contributed by atoms with Crippen molar-refractivity contribution >= 4 is 30.7 Å². The van der Waals surface area contributed by atoms with E-state index in [0.29, 0.717) is 24.8 Å². The molecule has 7 heteroatoms. The molecule has 1 amide bonds. The summed E-state index contributed by atoms with van der Waals surface area (Å²) in [6.07, 6.45) is 6.83. The van der Waals surface area contributed by atoms with Gasteiger partial charge in [0.05, 0.1) is 13.2 Å². The van der Waals surface area contributed by atoms with Gasteiger partial charge in [0.2, 0.25) is 5.91 Å². The highest BCUT2D eigenvalue weighted by molar-refractivity contribution is 5.85. The van der Waals surface area contributed by atoms with E-state index in [0.717, 1.165) is 31.9 Å². The van der Waals surface area contributed by atoms with E-state index in [1.165, 1.54) is 37.7 Å². The van der Waals surface area contributed by atoms with Crippen LogP contribution in [0.3, 0.4) is 0 Å². The summed E-state index contributed by atoms with van der Waals surface area (Å²) in [5.74, 6) is 2.13. The Morgan fingerprint density at radius 3 is 2.60 bits per heavy atom. The zero-order chi connectivity index (χ0) is 19.8. The second-order valence-corrected chi connectivity index (χ2v) is 8.45. The molecule has 172 valence electrons. The standard InChI is InChI=1S/C23H37N3O2.2ClH/c1-18(19-9-8-12-24-16-19)15-23(27)25-17-21(26-13-6-3-7-14-26)20-10-4-5-11-22(20)28-2;;/h4-5,10-11,18-19,21,24H,3,6-9,12-17H2,1-2H3,(H,25,27);2*1H. The summed E-state index contributed by atoms with van der Waals surface area (Å²) in [4.78, 5) is 15.2. The molecule has 0 saturated carbocycles. The maximum Gasteiger partial charge on any atom is 0.220 e. The molecule has 0 aromatic heterocycles. The number of benzene rings is 1. The van der Waals surface area contributed by atoms with E-state index in [1.807, 2.05) is 12.1 Å². The lowest BCUT2D eigenvalue weighted by atomic mass is 9.85. The lowest BCUT2D eigenvalue weighted by molar-refractivity contribution is -0.122. The van der Waals surface area contributed by atoms with E-state index in [4.69, 9.17) is 4.74 Å². The van der Waals surface area contributed by atoms with E-state index < -0.39 is 0 Å². The number of methoxy groups -OCH3 is 1. The van der Waals surface area contributed by atoms with Gasteiger partial charge in [0.1, 0.15) is 5.75 Å². The SMILES string of the molecule is COc1ccccc1C(CNC(=O)CC(C)C1CCCNC1)N1CCCCC1.Cl.Cl. The molecule has 3 atom stereocenters. The minimum Gasteiger partial charge on any atom is -0.496 e. The third-order valence-corrected chi connectivity index (χ3v) is 6.47. The Labute approximate surface area is 194 Å². The third-order valence-electron chi connectivity index (χ3n) is 6.47. The fourth-order valence-electron chi connectivity index (χ4n) is 4.71. The van der Waals surface area contributed by atoms with Gasteiger partial charge in [-0.1, -0.05) is 31.5 Å². The van der Waals surface area contributed by atoms with Crippen LogP contribution in [-0.4, -0.2) is 50.6 Å². The maximum atomic E-state index is 12.7. The number of carbonyl (C=O) groups is 1. The lowest BCUT2D eigenvalue weighted by Crippen LogP contribution is -2.41. The highest BCUT2D eigenvalue weighted by atomic mass is 35.5. The Bertz CT molecular complexity index is 620. The number of hydrogen-bond donors (Lipinski definition) is 2. The molecule has 2 aliphatic heterocycles. The van der Waals surface area contributed by atoms with Crippen molar-refractivity contribution in [3.63, 3.8) is 0 Å². The van der Waals surface area contributed by atoms with Crippen molar-refractivity contribution in [1.82, 2.24) is 15.5 Å². The first kappa shape index (κ1) is 27.0. The van der Waals surface area contributed by atoms with Gasteiger partial charge in [-0.25, -0.2) is 0 Å². The normalized spacial score (nSPS) is 21.5. The van der Waals surface area contributed by atoms with Crippen molar-refractivity contribution in [3.8, 4) is 5.75 Å². The predicted octanol–water partition coefficient (Wildman–Crippen LogP) is 4.21. The molecule has 2 fully saturated rings. The molecule has 5 nitrogen and oxygen atoms in total. The summed E-state index contributed by atoms with van der Waals surface area (Å²) in [6.45, 7) is 7.21. The van der Waals surface area contributed by atoms with E-state index in [2.05, 4.69) is 34.6 Å². The van der Waals surface area contributed by atoms with Gasteiger partial charge in [-0.15, -0.1) is 24.8 Å². The highest BCUT2D eigenvalue weighted by Gasteiger charge is 2.26. The molecule has 3 unspecified atom stereocenters. The Balaban J connectivity index is 0.00000225. The van der Waals surface area contributed by atoms with E-state index in [9.17, 15) is 4.79 Å². The van der Waals surface area contributed by atoms with Crippen molar-refractivity contribution in [2.75, 3.05) is 39.8 Å². The number of nitrogens with zero attached hydrogens (tertiary/aromatic N) is 1. The van der Waals surface area contributed by atoms with Crippen LogP contribution < -0.4 is 15.4 Å².